The standard InChI is InChI=1S/C23H31N7O/c1-16-7-5-6-8-19(16)13-17(2)25-21(31)15-29-9-11-30(12-10-29)23-20-14-24-28(4)22(20)26-18(3)27-23/h5-8,14,17H,9-13,15H2,1-4H3,(H,25,31). The molecule has 1 aliphatic heterocycles. The molecule has 1 N–H and O–H groups in total. The zero-order valence-electron chi connectivity index (χ0n) is 18.8. The summed E-state index contributed by atoms with van der Waals surface area (Å²) in [4.78, 5) is 26.2. The summed E-state index contributed by atoms with van der Waals surface area (Å²) in [7, 11) is 1.90. The number of hydrogen-bond donors (Lipinski definition) is 1. The largest absolute Gasteiger partial charge is 0.353 e. The number of nitrogens with one attached hydrogen (secondary N) is 1. The van der Waals surface area contributed by atoms with E-state index < -0.39 is 0 Å². The molecule has 4 rings (SSSR count). The van der Waals surface area contributed by atoms with Crippen molar-refractivity contribution in [3.05, 3.63) is 47.4 Å². The number of aromatic nitrogens is 4. The van der Waals surface area contributed by atoms with Crippen LogP contribution in [0.15, 0.2) is 30.5 Å². The first kappa shape index (κ1) is 21.2. The summed E-state index contributed by atoms with van der Waals surface area (Å²) in [5.41, 5.74) is 3.40. The minimum Gasteiger partial charge on any atom is -0.353 e. The molecule has 1 unspecified atom stereocenters. The number of nitrogens with zero attached hydrogens (tertiary/aromatic N) is 6. The number of rotatable bonds is 6. The van der Waals surface area contributed by atoms with Gasteiger partial charge in [0.15, 0.2) is 5.65 Å². The van der Waals surface area contributed by atoms with Gasteiger partial charge in [-0.3, -0.25) is 14.4 Å². The van der Waals surface area contributed by atoms with Crippen molar-refractivity contribution in [3.63, 3.8) is 0 Å². The van der Waals surface area contributed by atoms with Crippen molar-refractivity contribution in [2.24, 2.45) is 7.05 Å². The van der Waals surface area contributed by atoms with E-state index in [9.17, 15) is 4.79 Å². The number of aryl methyl sites for hydroxylation is 3. The summed E-state index contributed by atoms with van der Waals surface area (Å²) in [6.07, 6.45) is 2.68. The lowest BCUT2D eigenvalue weighted by atomic mass is 10.0. The Labute approximate surface area is 183 Å². The lowest BCUT2D eigenvalue weighted by Crippen LogP contribution is -2.50. The smallest absolute Gasteiger partial charge is 0.234 e. The zero-order valence-corrected chi connectivity index (χ0v) is 18.8. The van der Waals surface area contributed by atoms with E-state index in [1.54, 1.807) is 4.68 Å². The van der Waals surface area contributed by atoms with Gasteiger partial charge in [-0.15, -0.1) is 0 Å². The SMILES string of the molecule is Cc1nc(N2CCN(CC(=O)NC(C)Cc3ccccc3C)CC2)c2cnn(C)c2n1. The first-order chi connectivity index (χ1) is 14.9. The normalized spacial score (nSPS) is 15.9. The third-order valence-electron chi connectivity index (χ3n) is 5.92. The van der Waals surface area contributed by atoms with Crippen LogP contribution in [0.1, 0.15) is 23.9 Å². The van der Waals surface area contributed by atoms with Gasteiger partial charge < -0.3 is 10.2 Å². The summed E-state index contributed by atoms with van der Waals surface area (Å²) in [6, 6.07) is 8.45. The highest BCUT2D eigenvalue weighted by Crippen LogP contribution is 2.24. The number of carbonyl (C=O) groups excluding carboxylic acids is 1. The summed E-state index contributed by atoms with van der Waals surface area (Å²) in [6.45, 7) is 9.82. The van der Waals surface area contributed by atoms with E-state index in [1.165, 1.54) is 11.1 Å². The molecule has 8 nitrogen and oxygen atoms in total. The van der Waals surface area contributed by atoms with Crippen LogP contribution in [-0.2, 0) is 18.3 Å². The topological polar surface area (TPSA) is 79.2 Å². The van der Waals surface area contributed by atoms with Gasteiger partial charge in [-0.05, 0) is 38.3 Å². The first-order valence-electron chi connectivity index (χ1n) is 10.9. The number of anilines is 1. The van der Waals surface area contributed by atoms with E-state index in [1.807, 2.05) is 26.2 Å². The molecule has 1 aromatic carbocycles. The molecule has 164 valence electrons. The van der Waals surface area contributed by atoms with E-state index in [2.05, 4.69) is 62.2 Å². The molecule has 1 aliphatic rings. The van der Waals surface area contributed by atoms with Gasteiger partial charge in [0, 0.05) is 39.3 Å². The highest BCUT2D eigenvalue weighted by molar-refractivity contribution is 5.87. The van der Waals surface area contributed by atoms with Gasteiger partial charge >= 0.3 is 0 Å². The molecular weight excluding hydrogens is 390 g/mol. The maximum Gasteiger partial charge on any atom is 0.234 e. The Morgan fingerprint density at radius 1 is 1.13 bits per heavy atom. The number of fused-ring (bicyclic) bond motifs is 1. The van der Waals surface area contributed by atoms with Crippen LogP contribution in [0, 0.1) is 13.8 Å². The lowest BCUT2D eigenvalue weighted by Gasteiger charge is -2.35. The van der Waals surface area contributed by atoms with E-state index in [4.69, 9.17) is 0 Å². The van der Waals surface area contributed by atoms with Crippen LogP contribution >= 0.6 is 0 Å². The summed E-state index contributed by atoms with van der Waals surface area (Å²) in [5.74, 6) is 1.77. The molecule has 0 radical (unpaired) electrons. The maximum atomic E-state index is 12.6. The number of hydrogen-bond acceptors (Lipinski definition) is 6. The van der Waals surface area contributed by atoms with Crippen LogP contribution in [-0.4, -0.2) is 69.3 Å². The van der Waals surface area contributed by atoms with Gasteiger partial charge in [-0.25, -0.2) is 9.97 Å². The fourth-order valence-electron chi connectivity index (χ4n) is 4.22. The Morgan fingerprint density at radius 2 is 1.87 bits per heavy atom. The van der Waals surface area contributed by atoms with E-state index >= 15 is 0 Å². The monoisotopic (exact) mass is 421 g/mol. The van der Waals surface area contributed by atoms with Gasteiger partial charge in [-0.1, -0.05) is 24.3 Å². The molecule has 31 heavy (non-hydrogen) atoms. The van der Waals surface area contributed by atoms with Crippen molar-refractivity contribution in [3.8, 4) is 0 Å². The van der Waals surface area contributed by atoms with Gasteiger partial charge in [0.05, 0.1) is 18.1 Å². The van der Waals surface area contributed by atoms with Crippen LogP contribution in [0.5, 0.6) is 0 Å². The van der Waals surface area contributed by atoms with Crippen molar-refractivity contribution in [1.29, 1.82) is 0 Å². The summed E-state index contributed by atoms with van der Waals surface area (Å²) in [5, 5.41) is 8.46. The highest BCUT2D eigenvalue weighted by atomic mass is 16.2. The second-order valence-electron chi connectivity index (χ2n) is 8.46. The highest BCUT2D eigenvalue weighted by Gasteiger charge is 2.23. The van der Waals surface area contributed by atoms with Crippen LogP contribution in [0.3, 0.4) is 0 Å². The second kappa shape index (κ2) is 9.01. The van der Waals surface area contributed by atoms with E-state index in [0.717, 1.165) is 55.3 Å². The second-order valence-corrected chi connectivity index (χ2v) is 8.46. The number of amides is 1. The van der Waals surface area contributed by atoms with Crippen LogP contribution < -0.4 is 10.2 Å². The average Bonchev–Trinajstić information content (AvgIpc) is 3.10. The molecule has 0 spiro atoms. The van der Waals surface area contributed by atoms with Crippen LogP contribution in [0.4, 0.5) is 5.82 Å². The molecule has 0 saturated carbocycles. The molecule has 0 bridgehead atoms. The molecular formula is C23H31N7O. The van der Waals surface area contributed by atoms with E-state index in [-0.39, 0.29) is 11.9 Å². The third kappa shape index (κ3) is 4.85. The van der Waals surface area contributed by atoms with Crippen molar-refractivity contribution < 1.29 is 4.79 Å². The van der Waals surface area contributed by atoms with Crippen molar-refractivity contribution in [2.75, 3.05) is 37.6 Å². The fourth-order valence-corrected chi connectivity index (χ4v) is 4.22. The molecule has 1 amide bonds. The molecule has 3 aromatic rings. The maximum absolute atomic E-state index is 12.6. The Balaban J connectivity index is 1.30. The van der Waals surface area contributed by atoms with Gasteiger partial charge in [0.25, 0.3) is 0 Å². The molecule has 8 heteroatoms. The van der Waals surface area contributed by atoms with Crippen molar-refractivity contribution >= 4 is 22.8 Å². The van der Waals surface area contributed by atoms with E-state index in [0.29, 0.717) is 6.54 Å². The number of carbonyl (C=O) groups is 1. The zero-order chi connectivity index (χ0) is 22.0. The predicted octanol–water partition coefficient (Wildman–Crippen LogP) is 1.85. The van der Waals surface area contributed by atoms with Crippen molar-refractivity contribution in [2.45, 2.75) is 33.2 Å². The Kier molecular flexibility index (Phi) is 6.18. The van der Waals surface area contributed by atoms with Gasteiger partial charge in [0.2, 0.25) is 5.91 Å². The van der Waals surface area contributed by atoms with Gasteiger partial charge in [0.1, 0.15) is 11.6 Å². The minimum absolute atomic E-state index is 0.0852. The number of piperazine rings is 1. The molecule has 2 aromatic heterocycles. The Morgan fingerprint density at radius 3 is 2.61 bits per heavy atom. The molecule has 0 aliphatic carbocycles. The van der Waals surface area contributed by atoms with Crippen LogP contribution in [0.25, 0.3) is 11.0 Å². The third-order valence-corrected chi connectivity index (χ3v) is 5.92. The summed E-state index contributed by atoms with van der Waals surface area (Å²) < 4.78 is 1.78. The number of benzene rings is 1. The lowest BCUT2D eigenvalue weighted by molar-refractivity contribution is -0.122. The Hall–Kier alpha value is -3.00. The Bertz CT molecular complexity index is 1070. The average molecular weight is 422 g/mol. The minimum atomic E-state index is 0.0852. The fraction of sp³-hybridized carbons (Fsp3) is 0.478. The molecule has 3 heterocycles. The quantitative estimate of drug-likeness (QED) is 0.654. The van der Waals surface area contributed by atoms with Gasteiger partial charge in [-0.2, -0.15) is 5.10 Å². The molecule has 1 atom stereocenters. The van der Waals surface area contributed by atoms with Crippen LogP contribution in [0.2, 0.25) is 0 Å². The summed E-state index contributed by atoms with van der Waals surface area (Å²) >= 11 is 0. The first-order valence-corrected chi connectivity index (χ1v) is 10.9. The predicted molar refractivity (Wildman–Crippen MR) is 122 cm³/mol. The van der Waals surface area contributed by atoms with Crippen molar-refractivity contribution in [1.82, 2.24) is 30.0 Å². The molecule has 1 saturated heterocycles. The molecule has 1 fully saturated rings.